The van der Waals surface area contributed by atoms with Gasteiger partial charge in [-0.1, -0.05) is 36.0 Å². The molecule has 0 heterocycles. The first kappa shape index (κ1) is 19.8. The van der Waals surface area contributed by atoms with Crippen molar-refractivity contribution in [2.75, 3.05) is 20.8 Å². The molecule has 1 N–H and O–H groups in total. The molecule has 6 heteroatoms. The lowest BCUT2D eigenvalue weighted by Gasteiger charge is -2.12. The maximum absolute atomic E-state index is 11.8. The first-order valence-electron chi connectivity index (χ1n) is 8.31. The average molecular weight is 373 g/mol. The topological polar surface area (TPSA) is 64.6 Å². The van der Waals surface area contributed by atoms with Crippen LogP contribution in [0.2, 0.25) is 0 Å². The second kappa shape index (κ2) is 10.5. The molecule has 1 unspecified atom stereocenters. The van der Waals surface area contributed by atoms with Gasteiger partial charge in [0.15, 0.2) is 5.62 Å². The number of ether oxygens (including phenoxy) is 2. The van der Waals surface area contributed by atoms with Crippen LogP contribution in [0.1, 0.15) is 11.1 Å². The van der Waals surface area contributed by atoms with Crippen LogP contribution in [0.25, 0.3) is 0 Å². The SMILES string of the molecule is CNC(=O)C(Cc1ccc(OCCc2ccc(OC)cc2)cc1)SC=O. The second-order valence-corrected chi connectivity index (χ2v) is 6.66. The molecule has 2 aromatic carbocycles. The van der Waals surface area contributed by atoms with Crippen molar-refractivity contribution in [2.45, 2.75) is 18.1 Å². The highest BCUT2D eigenvalue weighted by atomic mass is 32.2. The summed E-state index contributed by atoms with van der Waals surface area (Å²) in [6.45, 7) is 0.577. The highest BCUT2D eigenvalue weighted by Crippen LogP contribution is 2.18. The second-order valence-electron chi connectivity index (χ2n) is 5.63. The summed E-state index contributed by atoms with van der Waals surface area (Å²) >= 11 is 0.989. The highest BCUT2D eigenvalue weighted by molar-refractivity contribution is 8.13. The summed E-state index contributed by atoms with van der Waals surface area (Å²) in [5, 5.41) is 2.16. The monoisotopic (exact) mass is 373 g/mol. The van der Waals surface area contributed by atoms with Crippen molar-refractivity contribution in [3.63, 3.8) is 0 Å². The maximum Gasteiger partial charge on any atom is 0.233 e. The average Bonchev–Trinajstić information content (AvgIpc) is 2.69. The van der Waals surface area contributed by atoms with Gasteiger partial charge in [0.25, 0.3) is 0 Å². The number of thioether (sulfide) groups is 1. The van der Waals surface area contributed by atoms with Gasteiger partial charge in [-0.15, -0.1) is 0 Å². The molecule has 138 valence electrons. The van der Waals surface area contributed by atoms with Gasteiger partial charge in [0.2, 0.25) is 5.91 Å². The number of hydrogen-bond donors (Lipinski definition) is 1. The summed E-state index contributed by atoms with van der Waals surface area (Å²) in [4.78, 5) is 22.5. The third kappa shape index (κ3) is 6.11. The largest absolute Gasteiger partial charge is 0.497 e. The molecule has 2 rings (SSSR count). The van der Waals surface area contributed by atoms with Gasteiger partial charge in [-0.2, -0.15) is 0 Å². The molecule has 0 aliphatic heterocycles. The fourth-order valence-electron chi connectivity index (χ4n) is 2.45. The molecule has 0 aliphatic rings. The molecule has 0 radical (unpaired) electrons. The summed E-state index contributed by atoms with van der Waals surface area (Å²) in [6.07, 6.45) is 1.30. The van der Waals surface area contributed by atoms with Crippen LogP contribution in [-0.4, -0.2) is 37.5 Å². The third-order valence-electron chi connectivity index (χ3n) is 3.92. The molecule has 0 spiro atoms. The van der Waals surface area contributed by atoms with Crippen LogP contribution in [0, 0.1) is 0 Å². The van der Waals surface area contributed by atoms with Crippen molar-refractivity contribution in [3.8, 4) is 11.5 Å². The van der Waals surface area contributed by atoms with E-state index in [1.807, 2.05) is 48.5 Å². The minimum atomic E-state index is -0.417. The number of nitrogens with one attached hydrogen (secondary N) is 1. The van der Waals surface area contributed by atoms with E-state index in [4.69, 9.17) is 9.47 Å². The summed E-state index contributed by atoms with van der Waals surface area (Å²) in [5.74, 6) is 1.47. The van der Waals surface area contributed by atoms with Crippen molar-refractivity contribution in [1.82, 2.24) is 5.32 Å². The summed E-state index contributed by atoms with van der Waals surface area (Å²) < 4.78 is 10.9. The Morgan fingerprint density at radius 2 is 1.69 bits per heavy atom. The first-order valence-corrected chi connectivity index (χ1v) is 9.26. The van der Waals surface area contributed by atoms with Crippen LogP contribution in [0.4, 0.5) is 0 Å². The van der Waals surface area contributed by atoms with Crippen molar-refractivity contribution >= 4 is 23.3 Å². The molecule has 0 fully saturated rings. The van der Waals surface area contributed by atoms with Crippen LogP contribution >= 0.6 is 11.8 Å². The molecular weight excluding hydrogens is 350 g/mol. The molecule has 0 saturated carbocycles. The first-order chi connectivity index (χ1) is 12.7. The Morgan fingerprint density at radius 1 is 1.08 bits per heavy atom. The summed E-state index contributed by atoms with van der Waals surface area (Å²) in [7, 11) is 3.22. The molecule has 26 heavy (non-hydrogen) atoms. The Bertz CT molecular complexity index is 701. The molecule has 0 aliphatic carbocycles. The number of benzene rings is 2. The van der Waals surface area contributed by atoms with Crippen molar-refractivity contribution in [1.29, 1.82) is 0 Å². The normalized spacial score (nSPS) is 11.5. The lowest BCUT2D eigenvalue weighted by atomic mass is 10.1. The standard InChI is InChI=1S/C20H23NO4S/c1-21-20(23)19(26-14-22)13-16-5-9-18(10-6-16)25-12-11-15-3-7-17(24-2)8-4-15/h3-10,14,19H,11-13H2,1-2H3,(H,21,23). The van der Waals surface area contributed by atoms with Gasteiger partial charge in [-0.25, -0.2) is 0 Å². The zero-order valence-electron chi connectivity index (χ0n) is 14.9. The number of rotatable bonds is 10. The van der Waals surface area contributed by atoms with Gasteiger partial charge >= 0.3 is 0 Å². The molecule has 0 aromatic heterocycles. The Hall–Kier alpha value is -2.47. The number of hydrogen-bond acceptors (Lipinski definition) is 5. The predicted molar refractivity (Wildman–Crippen MR) is 105 cm³/mol. The van der Waals surface area contributed by atoms with Crippen molar-refractivity contribution in [3.05, 3.63) is 59.7 Å². The van der Waals surface area contributed by atoms with Crippen LogP contribution in [0.15, 0.2) is 48.5 Å². The van der Waals surface area contributed by atoms with Crippen LogP contribution in [0.5, 0.6) is 11.5 Å². The minimum absolute atomic E-state index is 0.151. The Morgan fingerprint density at radius 3 is 2.27 bits per heavy atom. The molecule has 0 bridgehead atoms. The molecule has 1 amide bonds. The fraction of sp³-hybridized carbons (Fsp3) is 0.300. The summed E-state index contributed by atoms with van der Waals surface area (Å²) in [5.41, 5.74) is 2.87. The van der Waals surface area contributed by atoms with Gasteiger partial charge in [-0.05, 0) is 41.8 Å². The smallest absolute Gasteiger partial charge is 0.233 e. The van der Waals surface area contributed by atoms with Gasteiger partial charge < -0.3 is 14.8 Å². The van der Waals surface area contributed by atoms with E-state index in [1.165, 1.54) is 5.56 Å². The molecule has 5 nitrogen and oxygen atoms in total. The zero-order valence-corrected chi connectivity index (χ0v) is 15.8. The zero-order chi connectivity index (χ0) is 18.8. The fourth-order valence-corrected chi connectivity index (χ4v) is 3.11. The van der Waals surface area contributed by atoms with Gasteiger partial charge in [0, 0.05) is 13.5 Å². The van der Waals surface area contributed by atoms with Gasteiger partial charge in [0.05, 0.1) is 19.0 Å². The Kier molecular flexibility index (Phi) is 8.02. The van der Waals surface area contributed by atoms with E-state index in [2.05, 4.69) is 5.32 Å². The maximum atomic E-state index is 11.8. The van der Waals surface area contributed by atoms with Crippen LogP contribution in [-0.2, 0) is 22.4 Å². The lowest BCUT2D eigenvalue weighted by molar-refractivity contribution is -0.120. The van der Waals surface area contributed by atoms with Gasteiger partial charge in [-0.3, -0.25) is 9.59 Å². The molecule has 1 atom stereocenters. The van der Waals surface area contributed by atoms with E-state index in [1.54, 1.807) is 14.2 Å². The molecular formula is C20H23NO4S. The summed E-state index contributed by atoms with van der Waals surface area (Å²) in [6, 6.07) is 15.5. The molecule has 2 aromatic rings. The van der Waals surface area contributed by atoms with E-state index in [9.17, 15) is 9.59 Å². The van der Waals surface area contributed by atoms with Crippen LogP contribution < -0.4 is 14.8 Å². The number of methoxy groups -OCH3 is 1. The Balaban J connectivity index is 1.84. The van der Waals surface area contributed by atoms with E-state index < -0.39 is 5.25 Å². The van der Waals surface area contributed by atoms with Crippen LogP contribution in [0.3, 0.4) is 0 Å². The van der Waals surface area contributed by atoms with E-state index in [0.29, 0.717) is 18.6 Å². The predicted octanol–water partition coefficient (Wildman–Crippen LogP) is 2.90. The Labute approximate surface area is 158 Å². The van der Waals surface area contributed by atoms with Crippen molar-refractivity contribution < 1.29 is 19.1 Å². The third-order valence-corrected chi connectivity index (χ3v) is 4.74. The number of carbonyl (C=O) groups excluding carboxylic acids is 2. The van der Waals surface area contributed by atoms with E-state index in [-0.39, 0.29) is 5.91 Å². The van der Waals surface area contributed by atoms with Gasteiger partial charge in [0.1, 0.15) is 11.5 Å². The number of carbonyl (C=O) groups is 2. The van der Waals surface area contributed by atoms with E-state index >= 15 is 0 Å². The lowest BCUT2D eigenvalue weighted by Crippen LogP contribution is -2.31. The number of amides is 1. The van der Waals surface area contributed by atoms with E-state index in [0.717, 1.165) is 35.2 Å². The highest BCUT2D eigenvalue weighted by Gasteiger charge is 2.18. The minimum Gasteiger partial charge on any atom is -0.497 e. The molecule has 0 saturated heterocycles. The van der Waals surface area contributed by atoms with Crippen molar-refractivity contribution in [2.24, 2.45) is 0 Å². The quantitative estimate of drug-likeness (QED) is 0.649.